The molecule has 11 heteroatoms. The van der Waals surface area contributed by atoms with Gasteiger partial charge < -0.3 is 0 Å². The number of pyridine rings is 2. The van der Waals surface area contributed by atoms with Crippen molar-refractivity contribution in [1.82, 2.24) is 19.5 Å². The topological polar surface area (TPSA) is 107 Å². The molecular weight excluding hydrogens is 521 g/mol. The summed E-state index contributed by atoms with van der Waals surface area (Å²) < 4.78 is 29.9. The van der Waals surface area contributed by atoms with Crippen LogP contribution in [0, 0.1) is 0 Å². The molecule has 0 fully saturated rings. The van der Waals surface area contributed by atoms with Crippen LogP contribution in [0.1, 0.15) is 11.3 Å². The van der Waals surface area contributed by atoms with E-state index in [0.29, 0.717) is 22.5 Å². The fraction of sp³-hybridized carbons (Fsp3) is 0.0400. The van der Waals surface area contributed by atoms with Crippen LogP contribution in [-0.4, -0.2) is 27.9 Å². The quantitative estimate of drug-likeness (QED) is 0.331. The molecule has 5 rings (SSSR count). The third kappa shape index (κ3) is 4.94. The van der Waals surface area contributed by atoms with E-state index in [0.717, 1.165) is 5.56 Å². The Morgan fingerprint density at radius 2 is 1.69 bits per heavy atom. The average Bonchev–Trinajstić information content (AvgIpc) is 2.84. The maximum Gasteiger partial charge on any atom is 0.278 e. The van der Waals surface area contributed by atoms with Crippen molar-refractivity contribution in [1.29, 1.82) is 0 Å². The van der Waals surface area contributed by atoms with Gasteiger partial charge in [0.05, 0.1) is 16.3 Å². The van der Waals surface area contributed by atoms with E-state index >= 15 is 0 Å². The Kier molecular flexibility index (Phi) is 6.44. The molecule has 1 N–H and O–H groups in total. The zero-order chi connectivity index (χ0) is 25.3. The third-order valence-corrected chi connectivity index (χ3v) is 7.08. The van der Waals surface area contributed by atoms with Crippen LogP contribution in [0.4, 0.5) is 5.69 Å². The van der Waals surface area contributed by atoms with Gasteiger partial charge in [0.2, 0.25) is 0 Å². The number of nitrogens with one attached hydrogen (secondary N) is 1. The highest BCUT2D eigenvalue weighted by molar-refractivity contribution is 7.92. The molecular formula is C25H17Cl2N5O3S. The van der Waals surface area contributed by atoms with E-state index in [1.54, 1.807) is 61.1 Å². The third-order valence-electron chi connectivity index (χ3n) is 5.28. The Bertz CT molecular complexity index is 1740. The zero-order valence-electron chi connectivity index (χ0n) is 18.5. The van der Waals surface area contributed by atoms with Crippen molar-refractivity contribution in [2.45, 2.75) is 11.3 Å². The number of halogens is 2. The summed E-state index contributed by atoms with van der Waals surface area (Å²) in [6.07, 6.45) is 5.18. The molecule has 0 aliphatic rings. The first-order chi connectivity index (χ1) is 17.3. The van der Waals surface area contributed by atoms with Crippen LogP contribution in [0.25, 0.3) is 16.9 Å². The summed E-state index contributed by atoms with van der Waals surface area (Å²) >= 11 is 12.0. The molecule has 0 unspecified atom stereocenters. The predicted molar refractivity (Wildman–Crippen MR) is 139 cm³/mol. The summed E-state index contributed by atoms with van der Waals surface area (Å²) in [5.41, 5.74) is 2.30. The van der Waals surface area contributed by atoms with E-state index in [2.05, 4.69) is 19.7 Å². The number of hydrogen-bond acceptors (Lipinski definition) is 6. The second-order valence-corrected chi connectivity index (χ2v) is 10.4. The first-order valence-corrected chi connectivity index (χ1v) is 12.9. The van der Waals surface area contributed by atoms with Crippen LogP contribution in [0.5, 0.6) is 0 Å². The molecule has 0 aliphatic heterocycles. The van der Waals surface area contributed by atoms with Crippen LogP contribution >= 0.6 is 23.2 Å². The number of hydrogen-bond donors (Lipinski definition) is 1. The van der Waals surface area contributed by atoms with Gasteiger partial charge in [0.1, 0.15) is 11.2 Å². The molecule has 0 radical (unpaired) electrons. The van der Waals surface area contributed by atoms with Gasteiger partial charge in [0.15, 0.2) is 5.65 Å². The summed E-state index contributed by atoms with van der Waals surface area (Å²) in [5, 5.41) is 0.386. The smallest absolute Gasteiger partial charge is 0.278 e. The van der Waals surface area contributed by atoms with E-state index in [1.165, 1.54) is 22.8 Å². The van der Waals surface area contributed by atoms with E-state index in [9.17, 15) is 13.2 Å². The van der Waals surface area contributed by atoms with Crippen molar-refractivity contribution < 1.29 is 8.42 Å². The minimum Gasteiger partial charge on any atom is -0.280 e. The first-order valence-electron chi connectivity index (χ1n) is 10.6. The van der Waals surface area contributed by atoms with Crippen LogP contribution in [-0.2, 0) is 16.4 Å². The van der Waals surface area contributed by atoms with Crippen LogP contribution < -0.4 is 10.3 Å². The zero-order valence-corrected chi connectivity index (χ0v) is 20.8. The summed E-state index contributed by atoms with van der Waals surface area (Å²) in [5.74, 6) is 0. The largest absolute Gasteiger partial charge is 0.280 e. The Morgan fingerprint density at radius 3 is 2.44 bits per heavy atom. The lowest BCUT2D eigenvalue weighted by Gasteiger charge is -2.14. The number of nitrogens with zero attached hydrogens (tertiary/aromatic N) is 4. The van der Waals surface area contributed by atoms with Gasteiger partial charge in [0, 0.05) is 35.1 Å². The van der Waals surface area contributed by atoms with E-state index < -0.39 is 10.0 Å². The molecule has 0 bridgehead atoms. The Morgan fingerprint density at radius 1 is 0.917 bits per heavy atom. The summed E-state index contributed by atoms with van der Waals surface area (Å²) in [6.45, 7) is 0. The van der Waals surface area contributed by atoms with Gasteiger partial charge in [-0.2, -0.15) is 0 Å². The molecule has 0 aliphatic carbocycles. The standard InChI is InChI=1S/C25H17Cl2N5O3S/c26-17-11-18(27)13-21(12-17)36(34,35)31-19-5-1-6-20(14-19)32-24-22(7-3-9-29-24)30-23(25(32)33)10-16-4-2-8-28-15-16/h1-9,11-15,31H,10H2. The van der Waals surface area contributed by atoms with Gasteiger partial charge in [0.25, 0.3) is 15.6 Å². The normalized spacial score (nSPS) is 11.5. The van der Waals surface area contributed by atoms with E-state index in [1.807, 2.05) is 6.07 Å². The van der Waals surface area contributed by atoms with E-state index in [4.69, 9.17) is 23.2 Å². The minimum absolute atomic E-state index is 0.0858. The molecule has 0 atom stereocenters. The lowest BCUT2D eigenvalue weighted by molar-refractivity contribution is 0.601. The monoisotopic (exact) mass is 537 g/mol. The van der Waals surface area contributed by atoms with Crippen molar-refractivity contribution in [3.05, 3.63) is 117 Å². The number of benzene rings is 2. The number of aromatic nitrogens is 4. The van der Waals surface area contributed by atoms with Crippen molar-refractivity contribution in [2.75, 3.05) is 4.72 Å². The lowest BCUT2D eigenvalue weighted by atomic mass is 10.1. The highest BCUT2D eigenvalue weighted by Gasteiger charge is 2.18. The van der Waals surface area contributed by atoms with Crippen LogP contribution in [0.3, 0.4) is 0 Å². The molecule has 8 nitrogen and oxygen atoms in total. The number of anilines is 1. The van der Waals surface area contributed by atoms with Gasteiger partial charge in [-0.15, -0.1) is 0 Å². The summed E-state index contributed by atoms with van der Waals surface area (Å²) in [7, 11) is -4.00. The molecule has 0 amide bonds. The SMILES string of the molecule is O=c1c(Cc2cccnc2)nc2cccnc2n1-c1cccc(NS(=O)(=O)c2cc(Cl)cc(Cl)c2)c1. The minimum atomic E-state index is -4.00. The number of rotatable bonds is 6. The first kappa shape index (κ1) is 23.9. The highest BCUT2D eigenvalue weighted by atomic mass is 35.5. The second-order valence-electron chi connectivity index (χ2n) is 7.84. The number of fused-ring (bicyclic) bond motifs is 1. The molecule has 36 heavy (non-hydrogen) atoms. The Balaban J connectivity index is 1.59. The van der Waals surface area contributed by atoms with Crippen molar-refractivity contribution in [3.8, 4) is 5.69 Å². The maximum absolute atomic E-state index is 13.6. The summed E-state index contributed by atoms with van der Waals surface area (Å²) in [6, 6.07) is 17.7. The molecule has 2 aromatic carbocycles. The molecule has 5 aromatic rings. The fourth-order valence-electron chi connectivity index (χ4n) is 3.72. The average molecular weight is 538 g/mol. The maximum atomic E-state index is 13.6. The Hall–Kier alpha value is -3.79. The molecule has 0 saturated heterocycles. The molecule has 0 spiro atoms. The van der Waals surface area contributed by atoms with Gasteiger partial charge >= 0.3 is 0 Å². The van der Waals surface area contributed by atoms with Crippen molar-refractivity contribution in [2.24, 2.45) is 0 Å². The number of sulfonamides is 1. The van der Waals surface area contributed by atoms with Crippen LogP contribution in [0.15, 0.2) is 95.0 Å². The molecule has 3 aromatic heterocycles. The molecule has 3 heterocycles. The molecule has 180 valence electrons. The lowest BCUT2D eigenvalue weighted by Crippen LogP contribution is -2.25. The van der Waals surface area contributed by atoms with Gasteiger partial charge in [-0.1, -0.05) is 35.3 Å². The van der Waals surface area contributed by atoms with Gasteiger partial charge in [-0.3, -0.25) is 19.1 Å². The van der Waals surface area contributed by atoms with Gasteiger partial charge in [-0.05, 0) is 60.2 Å². The summed E-state index contributed by atoms with van der Waals surface area (Å²) in [4.78, 5) is 26.5. The highest BCUT2D eigenvalue weighted by Crippen LogP contribution is 2.25. The van der Waals surface area contributed by atoms with Crippen molar-refractivity contribution in [3.63, 3.8) is 0 Å². The molecule has 0 saturated carbocycles. The van der Waals surface area contributed by atoms with E-state index in [-0.39, 0.29) is 32.6 Å². The Labute approximate surface area is 216 Å². The van der Waals surface area contributed by atoms with Gasteiger partial charge in [-0.25, -0.2) is 18.4 Å². The second kappa shape index (κ2) is 9.69. The van der Waals surface area contributed by atoms with Crippen LogP contribution in [0.2, 0.25) is 10.0 Å². The fourth-order valence-corrected chi connectivity index (χ4v) is 5.50. The predicted octanol–water partition coefficient (Wildman–Crippen LogP) is 4.87. The van der Waals surface area contributed by atoms with Crippen molar-refractivity contribution >= 4 is 50.1 Å².